The summed E-state index contributed by atoms with van der Waals surface area (Å²) in [6.45, 7) is 3.95. The van der Waals surface area contributed by atoms with E-state index < -0.39 is 15.9 Å². The van der Waals surface area contributed by atoms with Crippen molar-refractivity contribution in [2.45, 2.75) is 26.7 Å². The van der Waals surface area contributed by atoms with Crippen molar-refractivity contribution in [3.05, 3.63) is 55.7 Å². The molecular formula is C15H19ClO2Ti. The summed E-state index contributed by atoms with van der Waals surface area (Å²) in [6.07, 6.45) is 14.3. The second kappa shape index (κ2) is 6.17. The Hall–Kier alpha value is -0.696. The van der Waals surface area contributed by atoms with Gasteiger partial charge in [0, 0.05) is 0 Å². The molecule has 0 N–H and O–H groups in total. The Balaban J connectivity index is 2.32. The predicted octanol–water partition coefficient (Wildman–Crippen LogP) is 4.81. The number of methoxy groups -OCH3 is 1. The van der Waals surface area contributed by atoms with Gasteiger partial charge in [-0.05, 0) is 0 Å². The van der Waals surface area contributed by atoms with E-state index in [2.05, 4.69) is 36.5 Å². The molecule has 4 heteroatoms. The van der Waals surface area contributed by atoms with Gasteiger partial charge < -0.3 is 0 Å². The number of hydrogen-bond acceptors (Lipinski definition) is 2. The van der Waals surface area contributed by atoms with Gasteiger partial charge in [0.25, 0.3) is 0 Å². The second-order valence-corrected chi connectivity index (χ2v) is 11.2. The molecule has 0 bridgehead atoms. The molecule has 0 amide bonds. The molecule has 102 valence electrons. The predicted molar refractivity (Wildman–Crippen MR) is 76.0 cm³/mol. The van der Waals surface area contributed by atoms with Crippen LogP contribution in [0.5, 0.6) is 0 Å². The van der Waals surface area contributed by atoms with Crippen LogP contribution in [0.15, 0.2) is 55.7 Å². The summed E-state index contributed by atoms with van der Waals surface area (Å²) < 4.78 is 14.0. The van der Waals surface area contributed by atoms with Crippen molar-refractivity contribution in [1.29, 1.82) is 0 Å². The molecule has 0 aromatic heterocycles. The summed E-state index contributed by atoms with van der Waals surface area (Å²) in [6, 6.07) is 0. The van der Waals surface area contributed by atoms with Crippen molar-refractivity contribution >= 4 is 9.30 Å². The Morgan fingerprint density at radius 3 is 1.95 bits per heavy atom. The van der Waals surface area contributed by atoms with Gasteiger partial charge in [-0.25, -0.2) is 0 Å². The zero-order valence-electron chi connectivity index (χ0n) is 11.6. The molecule has 2 nitrogen and oxygen atoms in total. The average Bonchev–Trinajstić information content (AvgIpc) is 3.06. The standard InChI is InChI=1S/C5H10O2.2C5H5.ClH.Ti/c1-4(2)5(6)7-3;2*1-2-4-5-3-1;;/h6H,1-3H3;2*1-3H,4H2;1H;/q;;;;+2/p-2. The molecule has 0 saturated carbocycles. The molecule has 2 aliphatic carbocycles. The summed E-state index contributed by atoms with van der Waals surface area (Å²) in [7, 11) is 8.63. The molecule has 0 unspecified atom stereocenters. The summed E-state index contributed by atoms with van der Waals surface area (Å²) in [5.74, 6) is 0.565. The molecule has 0 aliphatic heterocycles. The molecule has 0 aromatic rings. The molecule has 0 heterocycles. The maximum atomic E-state index is 7.00. The Kier molecular flexibility index (Phi) is 4.78. The van der Waals surface area contributed by atoms with Crippen LogP contribution in [-0.2, 0) is 24.0 Å². The summed E-state index contributed by atoms with van der Waals surface area (Å²) in [5, 5.41) is 0. The first kappa shape index (κ1) is 14.7. The van der Waals surface area contributed by atoms with Crippen LogP contribution >= 0.6 is 9.30 Å². The fourth-order valence-electron chi connectivity index (χ4n) is 2.18. The summed E-state index contributed by atoms with van der Waals surface area (Å²) >= 11 is -3.24. The van der Waals surface area contributed by atoms with Gasteiger partial charge in [0.2, 0.25) is 0 Å². The molecule has 0 fully saturated rings. The van der Waals surface area contributed by atoms with E-state index in [-0.39, 0.29) is 0 Å². The average molecular weight is 315 g/mol. The van der Waals surface area contributed by atoms with E-state index in [0.717, 1.165) is 18.4 Å². The fourth-order valence-corrected chi connectivity index (χ4v) is 7.69. The fraction of sp³-hybridized carbons (Fsp3) is 0.333. The monoisotopic (exact) mass is 314 g/mol. The molecule has 0 saturated heterocycles. The molecule has 0 atom stereocenters. The van der Waals surface area contributed by atoms with Crippen LogP contribution in [0.4, 0.5) is 0 Å². The number of rotatable bonds is 5. The van der Waals surface area contributed by atoms with E-state index in [9.17, 15) is 0 Å². The van der Waals surface area contributed by atoms with Gasteiger partial charge in [0.15, 0.2) is 0 Å². The van der Waals surface area contributed by atoms with Crippen LogP contribution in [0, 0.1) is 0 Å². The van der Waals surface area contributed by atoms with Crippen LogP contribution in [0.1, 0.15) is 26.7 Å². The maximum absolute atomic E-state index is 7.00. The SMILES string of the molecule is COC([O][Ti]([Cl])([C]1=CC=CC1)[C]1=CC=CC1)=C(C)C. The quantitative estimate of drug-likeness (QED) is 0.535. The van der Waals surface area contributed by atoms with Gasteiger partial charge in [-0.2, -0.15) is 0 Å². The van der Waals surface area contributed by atoms with E-state index in [1.807, 2.05) is 13.8 Å². The minimum absolute atomic E-state index is 0.565. The van der Waals surface area contributed by atoms with Gasteiger partial charge in [0.1, 0.15) is 0 Å². The second-order valence-electron chi connectivity index (χ2n) is 4.84. The molecule has 0 spiro atoms. The number of halogens is 1. The third kappa shape index (κ3) is 3.08. The van der Waals surface area contributed by atoms with Crippen molar-refractivity contribution in [1.82, 2.24) is 0 Å². The van der Waals surface area contributed by atoms with Crippen LogP contribution in [-0.4, -0.2) is 7.11 Å². The molecule has 19 heavy (non-hydrogen) atoms. The molecule has 0 radical (unpaired) electrons. The van der Waals surface area contributed by atoms with E-state index in [0.29, 0.717) is 5.95 Å². The molecular weight excluding hydrogens is 295 g/mol. The van der Waals surface area contributed by atoms with E-state index in [1.165, 1.54) is 7.76 Å². The van der Waals surface area contributed by atoms with Crippen LogP contribution in [0.25, 0.3) is 0 Å². The Morgan fingerprint density at radius 2 is 1.63 bits per heavy atom. The van der Waals surface area contributed by atoms with Gasteiger partial charge in [-0.15, -0.1) is 0 Å². The van der Waals surface area contributed by atoms with Gasteiger partial charge in [-0.1, -0.05) is 0 Å². The third-order valence-corrected chi connectivity index (χ3v) is 9.98. The Bertz CT molecular complexity index is 478. The molecule has 2 aliphatic rings. The van der Waals surface area contributed by atoms with Gasteiger partial charge >= 0.3 is 123 Å². The van der Waals surface area contributed by atoms with Crippen molar-refractivity contribution in [2.24, 2.45) is 0 Å². The molecule has 0 aromatic carbocycles. The van der Waals surface area contributed by atoms with E-state index in [4.69, 9.17) is 17.4 Å². The first-order chi connectivity index (χ1) is 9.08. The zero-order valence-corrected chi connectivity index (χ0v) is 13.9. The van der Waals surface area contributed by atoms with Crippen molar-refractivity contribution in [3.8, 4) is 0 Å². The van der Waals surface area contributed by atoms with Crippen LogP contribution < -0.4 is 0 Å². The first-order valence-corrected chi connectivity index (χ1v) is 10.7. The molecule has 2 rings (SSSR count). The summed E-state index contributed by atoms with van der Waals surface area (Å²) in [4.78, 5) is 0. The zero-order chi connectivity index (χ0) is 13.9. The van der Waals surface area contributed by atoms with E-state index in [1.54, 1.807) is 7.11 Å². The topological polar surface area (TPSA) is 18.5 Å². The first-order valence-electron chi connectivity index (χ1n) is 6.39. The van der Waals surface area contributed by atoms with Gasteiger partial charge in [0.05, 0.1) is 0 Å². The number of hydrogen-bond donors (Lipinski definition) is 0. The van der Waals surface area contributed by atoms with Crippen LogP contribution in [0.3, 0.4) is 0 Å². The Morgan fingerprint density at radius 1 is 1.11 bits per heavy atom. The normalized spacial score (nSPS) is 17.3. The Labute approximate surface area is 122 Å². The van der Waals surface area contributed by atoms with Crippen molar-refractivity contribution in [3.63, 3.8) is 0 Å². The third-order valence-electron chi connectivity index (χ3n) is 3.20. The van der Waals surface area contributed by atoms with Crippen molar-refractivity contribution < 1.29 is 24.0 Å². The summed E-state index contributed by atoms with van der Waals surface area (Å²) in [5.41, 5.74) is 1.01. The van der Waals surface area contributed by atoms with Crippen LogP contribution in [0.2, 0.25) is 0 Å². The minimum atomic E-state index is -3.24. The van der Waals surface area contributed by atoms with Gasteiger partial charge in [-0.3, -0.25) is 0 Å². The number of allylic oxidation sites excluding steroid dienone is 9. The van der Waals surface area contributed by atoms with Crippen molar-refractivity contribution in [2.75, 3.05) is 7.11 Å². The number of ether oxygens (including phenoxy) is 1. The van der Waals surface area contributed by atoms with E-state index >= 15 is 0 Å².